The number of rotatable bonds is 4. The summed E-state index contributed by atoms with van der Waals surface area (Å²) >= 11 is 2.05. The predicted molar refractivity (Wildman–Crippen MR) is 100 cm³/mol. The Balaban J connectivity index is 0.00000132. The summed E-state index contributed by atoms with van der Waals surface area (Å²) in [7, 11) is 0. The summed E-state index contributed by atoms with van der Waals surface area (Å²) in [6.07, 6.45) is 4.72. The highest BCUT2D eigenvalue weighted by Gasteiger charge is 2.40. The second-order valence-electron chi connectivity index (χ2n) is 6.31. The molecule has 0 aromatic carbocycles. The molecule has 23 heavy (non-hydrogen) atoms. The second kappa shape index (κ2) is 10.3. The Morgan fingerprint density at radius 3 is 2.57 bits per heavy atom. The van der Waals surface area contributed by atoms with Crippen molar-refractivity contribution in [2.45, 2.75) is 37.3 Å². The van der Waals surface area contributed by atoms with E-state index in [1.54, 1.807) is 0 Å². The first-order chi connectivity index (χ1) is 10.3. The number of ether oxygens (including phenoxy) is 1. The number of halogens is 2. The number of hydrogen-bond acceptors (Lipinski definition) is 5. The van der Waals surface area contributed by atoms with Gasteiger partial charge in [0.2, 0.25) is 0 Å². The smallest absolute Gasteiger partial charge is 0.250 e. The van der Waals surface area contributed by atoms with Crippen molar-refractivity contribution in [2.24, 2.45) is 0 Å². The zero-order valence-electron chi connectivity index (χ0n) is 13.6. The zero-order valence-corrected chi connectivity index (χ0v) is 16.0. The van der Waals surface area contributed by atoms with Crippen molar-refractivity contribution in [1.29, 1.82) is 0 Å². The third-order valence-electron chi connectivity index (χ3n) is 5.03. The van der Waals surface area contributed by atoms with E-state index in [-0.39, 0.29) is 42.4 Å². The molecule has 1 unspecified atom stereocenters. The van der Waals surface area contributed by atoms with E-state index >= 15 is 0 Å². The maximum atomic E-state index is 12.3. The molecule has 0 aromatic heterocycles. The summed E-state index contributed by atoms with van der Waals surface area (Å²) in [5.74, 6) is 2.51. The summed E-state index contributed by atoms with van der Waals surface area (Å²) in [5, 5.41) is 6.40. The number of carbonyl (C=O) groups is 1. The Kier molecular flexibility index (Phi) is 9.56. The van der Waals surface area contributed by atoms with Crippen LogP contribution in [0.3, 0.4) is 0 Å². The third kappa shape index (κ3) is 5.38. The number of thioether (sulfide) groups is 1. The molecule has 1 amide bonds. The molecule has 1 saturated carbocycles. The fourth-order valence-electron chi connectivity index (χ4n) is 3.77. The van der Waals surface area contributed by atoms with Gasteiger partial charge >= 0.3 is 0 Å². The normalized spacial score (nSPS) is 27.6. The molecule has 0 spiro atoms. The van der Waals surface area contributed by atoms with Crippen LogP contribution < -0.4 is 10.6 Å². The van der Waals surface area contributed by atoms with E-state index in [1.165, 1.54) is 50.3 Å². The molecule has 0 bridgehead atoms. The minimum Gasteiger partial charge on any atom is -0.366 e. The lowest BCUT2D eigenvalue weighted by Gasteiger charge is -2.43. The first-order valence-corrected chi connectivity index (χ1v) is 9.38. The number of nitrogens with zero attached hydrogens (tertiary/aromatic N) is 1. The van der Waals surface area contributed by atoms with Crippen molar-refractivity contribution in [3.63, 3.8) is 0 Å². The minimum absolute atomic E-state index is 0. The first kappa shape index (κ1) is 21.3. The van der Waals surface area contributed by atoms with Gasteiger partial charge in [0.1, 0.15) is 6.10 Å². The number of nitrogens with one attached hydrogen (secondary N) is 2. The Morgan fingerprint density at radius 1 is 1.26 bits per heavy atom. The molecule has 3 rings (SSSR count). The molecule has 1 aliphatic carbocycles. The molecule has 0 aromatic rings. The first-order valence-electron chi connectivity index (χ1n) is 8.23. The van der Waals surface area contributed by atoms with Gasteiger partial charge in [-0.05, 0) is 12.8 Å². The van der Waals surface area contributed by atoms with E-state index in [9.17, 15) is 4.79 Å². The Labute approximate surface area is 155 Å². The van der Waals surface area contributed by atoms with Gasteiger partial charge in [-0.1, -0.05) is 12.8 Å². The van der Waals surface area contributed by atoms with Crippen LogP contribution in [0.4, 0.5) is 0 Å². The van der Waals surface area contributed by atoms with E-state index in [0.717, 1.165) is 13.1 Å². The number of carbonyl (C=O) groups excluding carboxylic acids is 1. The Bertz CT molecular complexity index is 359. The minimum atomic E-state index is -0.311. The molecule has 2 heterocycles. The van der Waals surface area contributed by atoms with Gasteiger partial charge in [-0.2, -0.15) is 11.8 Å². The zero-order chi connectivity index (χ0) is 14.5. The standard InChI is InChI=1S/C15H27N3O2S.2ClH/c19-14(13-11-16-5-8-20-13)17-12-15(3-1-2-4-15)18-6-9-21-10-7-18;;/h13,16H,1-12H2,(H,17,19);2*1H. The molecule has 3 fully saturated rings. The molecular weight excluding hydrogens is 357 g/mol. The lowest BCUT2D eigenvalue weighted by Crippen LogP contribution is -2.58. The van der Waals surface area contributed by atoms with Crippen LogP contribution in [-0.2, 0) is 9.53 Å². The topological polar surface area (TPSA) is 53.6 Å². The lowest BCUT2D eigenvalue weighted by molar-refractivity contribution is -0.134. The molecule has 8 heteroatoms. The molecule has 0 radical (unpaired) electrons. The molecule has 136 valence electrons. The number of morpholine rings is 1. The van der Waals surface area contributed by atoms with Gasteiger partial charge in [0.15, 0.2) is 0 Å². The lowest BCUT2D eigenvalue weighted by atomic mass is 9.94. The fourth-order valence-corrected chi connectivity index (χ4v) is 4.68. The van der Waals surface area contributed by atoms with Crippen LogP contribution in [0, 0.1) is 0 Å². The molecule has 2 saturated heterocycles. The molecule has 1 atom stereocenters. The van der Waals surface area contributed by atoms with Gasteiger partial charge in [0.25, 0.3) is 5.91 Å². The Morgan fingerprint density at radius 2 is 1.96 bits per heavy atom. The molecule has 2 aliphatic heterocycles. The average molecular weight is 386 g/mol. The predicted octanol–water partition coefficient (Wildman–Crippen LogP) is 1.30. The van der Waals surface area contributed by atoms with Gasteiger partial charge in [-0.25, -0.2) is 0 Å². The van der Waals surface area contributed by atoms with Gasteiger partial charge in [-0.15, -0.1) is 24.8 Å². The van der Waals surface area contributed by atoms with E-state index in [0.29, 0.717) is 13.2 Å². The van der Waals surface area contributed by atoms with E-state index in [4.69, 9.17) is 4.74 Å². The van der Waals surface area contributed by atoms with Gasteiger partial charge in [-0.3, -0.25) is 9.69 Å². The van der Waals surface area contributed by atoms with Crippen LogP contribution in [0.15, 0.2) is 0 Å². The maximum Gasteiger partial charge on any atom is 0.250 e. The van der Waals surface area contributed by atoms with Crippen LogP contribution in [0.1, 0.15) is 25.7 Å². The summed E-state index contributed by atoms with van der Waals surface area (Å²) in [6.45, 7) is 5.24. The molecule has 2 N–H and O–H groups in total. The van der Waals surface area contributed by atoms with Crippen LogP contribution in [0.5, 0.6) is 0 Å². The van der Waals surface area contributed by atoms with Crippen LogP contribution in [0.2, 0.25) is 0 Å². The monoisotopic (exact) mass is 385 g/mol. The van der Waals surface area contributed by atoms with Crippen LogP contribution >= 0.6 is 36.6 Å². The summed E-state index contributed by atoms with van der Waals surface area (Å²) in [4.78, 5) is 14.9. The van der Waals surface area contributed by atoms with Gasteiger partial charge < -0.3 is 15.4 Å². The van der Waals surface area contributed by atoms with E-state index in [2.05, 4.69) is 15.5 Å². The van der Waals surface area contributed by atoms with Crippen LogP contribution in [0.25, 0.3) is 0 Å². The summed E-state index contributed by atoms with van der Waals surface area (Å²) in [6, 6.07) is 0. The molecule has 3 aliphatic rings. The average Bonchev–Trinajstić information content (AvgIpc) is 3.04. The maximum absolute atomic E-state index is 12.3. The molecular formula is C15H29Cl2N3O2S. The van der Waals surface area contributed by atoms with Crippen molar-refractivity contribution < 1.29 is 9.53 Å². The Hall–Kier alpha value is 0.280. The second-order valence-corrected chi connectivity index (χ2v) is 7.54. The highest BCUT2D eigenvalue weighted by Crippen LogP contribution is 2.36. The van der Waals surface area contributed by atoms with Gasteiger partial charge in [0.05, 0.1) is 6.61 Å². The van der Waals surface area contributed by atoms with Crippen molar-refractivity contribution in [3.05, 3.63) is 0 Å². The summed E-state index contributed by atoms with van der Waals surface area (Å²) < 4.78 is 5.54. The quantitative estimate of drug-likeness (QED) is 0.763. The van der Waals surface area contributed by atoms with E-state index in [1.807, 2.05) is 11.8 Å². The number of hydrogen-bond donors (Lipinski definition) is 2. The van der Waals surface area contributed by atoms with Crippen molar-refractivity contribution in [3.8, 4) is 0 Å². The van der Waals surface area contributed by atoms with Crippen molar-refractivity contribution in [2.75, 3.05) is 50.8 Å². The summed E-state index contributed by atoms with van der Waals surface area (Å²) in [5.41, 5.74) is 0.207. The SMILES string of the molecule is Cl.Cl.O=C(NCC1(N2CCSCC2)CCCC1)C1CNCCO1. The highest BCUT2D eigenvalue weighted by molar-refractivity contribution is 7.99. The van der Waals surface area contributed by atoms with Crippen molar-refractivity contribution in [1.82, 2.24) is 15.5 Å². The van der Waals surface area contributed by atoms with Gasteiger partial charge in [0, 0.05) is 49.8 Å². The van der Waals surface area contributed by atoms with E-state index < -0.39 is 0 Å². The third-order valence-corrected chi connectivity index (χ3v) is 5.97. The highest BCUT2D eigenvalue weighted by atomic mass is 35.5. The van der Waals surface area contributed by atoms with Crippen molar-refractivity contribution >= 4 is 42.5 Å². The number of amides is 1. The molecule has 5 nitrogen and oxygen atoms in total. The fraction of sp³-hybridized carbons (Fsp3) is 0.933. The largest absolute Gasteiger partial charge is 0.366 e. The van der Waals surface area contributed by atoms with Crippen LogP contribution in [-0.4, -0.2) is 73.3 Å².